The Bertz CT molecular complexity index is 320. The van der Waals surface area contributed by atoms with Crippen LogP contribution in [0.1, 0.15) is 53.3 Å². The molecule has 0 spiro atoms. The zero-order chi connectivity index (χ0) is 12.9. The molecule has 0 atom stereocenters. The van der Waals surface area contributed by atoms with Gasteiger partial charge in [0.15, 0.2) is 0 Å². The summed E-state index contributed by atoms with van der Waals surface area (Å²) in [5, 5.41) is 7.77. The number of hydrogen-bond donors (Lipinski definition) is 1. The van der Waals surface area contributed by atoms with Crippen molar-refractivity contribution in [2.24, 2.45) is 5.92 Å². The predicted octanol–water partition coefficient (Wildman–Crippen LogP) is 2.60. The van der Waals surface area contributed by atoms with Gasteiger partial charge in [0.25, 0.3) is 0 Å². The minimum absolute atomic E-state index is 0.117. The summed E-state index contributed by atoms with van der Waals surface area (Å²) in [5.41, 5.74) is 0.117. The highest BCUT2D eigenvalue weighted by atomic mass is 15.3. The van der Waals surface area contributed by atoms with Gasteiger partial charge in [-0.3, -0.25) is 0 Å². The molecule has 0 aromatic carbocycles. The molecule has 0 aliphatic heterocycles. The number of nitrogens with one attached hydrogen (secondary N) is 1. The molecule has 0 unspecified atom stereocenters. The van der Waals surface area contributed by atoms with Crippen LogP contribution in [0, 0.1) is 5.92 Å². The van der Waals surface area contributed by atoms with Crippen LogP contribution in [-0.4, -0.2) is 20.3 Å². The van der Waals surface area contributed by atoms with E-state index in [9.17, 15) is 0 Å². The lowest BCUT2D eigenvalue weighted by Crippen LogP contribution is -2.36. The van der Waals surface area contributed by atoms with Crippen molar-refractivity contribution >= 4 is 0 Å². The number of nitrogens with zero attached hydrogens (tertiary/aromatic N) is 3. The fourth-order valence-corrected chi connectivity index (χ4v) is 1.71. The van der Waals surface area contributed by atoms with E-state index in [0.29, 0.717) is 5.92 Å². The molecule has 0 aliphatic carbocycles. The molecule has 0 aliphatic rings. The van der Waals surface area contributed by atoms with Crippen molar-refractivity contribution in [3.8, 4) is 0 Å². The van der Waals surface area contributed by atoms with Crippen molar-refractivity contribution in [1.29, 1.82) is 0 Å². The van der Waals surface area contributed by atoms with Crippen LogP contribution in [0.15, 0.2) is 6.33 Å². The maximum Gasteiger partial charge on any atom is 0.140 e. The highest BCUT2D eigenvalue weighted by Gasteiger charge is 2.13. The predicted molar refractivity (Wildman–Crippen MR) is 70.7 cm³/mol. The molecule has 1 aromatic rings. The minimum Gasteiger partial charge on any atom is -0.305 e. The first kappa shape index (κ1) is 14.2. The van der Waals surface area contributed by atoms with Gasteiger partial charge in [-0.15, -0.1) is 0 Å². The summed E-state index contributed by atoms with van der Waals surface area (Å²) in [6.07, 6.45) is 4.05. The summed E-state index contributed by atoms with van der Waals surface area (Å²) >= 11 is 0. The molecular formula is C13H26N4. The van der Waals surface area contributed by atoms with Crippen molar-refractivity contribution in [3.05, 3.63) is 12.2 Å². The molecule has 0 amide bonds. The van der Waals surface area contributed by atoms with E-state index in [1.54, 1.807) is 6.33 Å². The van der Waals surface area contributed by atoms with Gasteiger partial charge < -0.3 is 5.32 Å². The van der Waals surface area contributed by atoms with Crippen molar-refractivity contribution in [1.82, 2.24) is 20.1 Å². The van der Waals surface area contributed by atoms with Crippen molar-refractivity contribution in [2.75, 3.05) is 0 Å². The molecule has 1 aromatic heterocycles. The van der Waals surface area contributed by atoms with E-state index in [2.05, 4.69) is 50.0 Å². The highest BCUT2D eigenvalue weighted by molar-refractivity contribution is 4.86. The third kappa shape index (κ3) is 4.86. The standard InChI is InChI=1S/C13H26N4/c1-6-11(7-2)9-17-12(14-10-16-17)8-15-13(3,4)5/h10-11,15H,6-9H2,1-5H3. The second-order valence-corrected chi connectivity index (χ2v) is 5.64. The van der Waals surface area contributed by atoms with Gasteiger partial charge in [-0.25, -0.2) is 9.67 Å². The van der Waals surface area contributed by atoms with Crippen LogP contribution in [-0.2, 0) is 13.1 Å². The summed E-state index contributed by atoms with van der Waals surface area (Å²) in [6, 6.07) is 0. The first-order valence-corrected chi connectivity index (χ1v) is 6.58. The van der Waals surface area contributed by atoms with E-state index >= 15 is 0 Å². The Morgan fingerprint density at radius 3 is 2.47 bits per heavy atom. The quantitative estimate of drug-likeness (QED) is 0.828. The molecule has 17 heavy (non-hydrogen) atoms. The third-order valence-corrected chi connectivity index (χ3v) is 3.06. The number of hydrogen-bond acceptors (Lipinski definition) is 3. The van der Waals surface area contributed by atoms with E-state index in [1.807, 2.05) is 4.68 Å². The molecule has 1 N–H and O–H groups in total. The first-order valence-electron chi connectivity index (χ1n) is 6.58. The molecule has 0 fully saturated rings. The molecule has 0 radical (unpaired) electrons. The Kier molecular flexibility index (Phi) is 5.12. The normalized spacial score (nSPS) is 12.4. The second-order valence-electron chi connectivity index (χ2n) is 5.64. The molecule has 4 heteroatoms. The molecule has 98 valence electrons. The summed E-state index contributed by atoms with van der Waals surface area (Å²) in [4.78, 5) is 4.33. The van der Waals surface area contributed by atoms with Crippen molar-refractivity contribution < 1.29 is 0 Å². The molecule has 1 heterocycles. The Balaban J connectivity index is 2.59. The van der Waals surface area contributed by atoms with Crippen LogP contribution in [0.3, 0.4) is 0 Å². The largest absolute Gasteiger partial charge is 0.305 e. The lowest BCUT2D eigenvalue weighted by Gasteiger charge is -2.21. The van der Waals surface area contributed by atoms with Gasteiger partial charge in [-0.1, -0.05) is 26.7 Å². The lowest BCUT2D eigenvalue weighted by atomic mass is 10.0. The van der Waals surface area contributed by atoms with Crippen molar-refractivity contribution in [2.45, 2.75) is 66.1 Å². The Morgan fingerprint density at radius 2 is 1.94 bits per heavy atom. The van der Waals surface area contributed by atoms with Gasteiger partial charge in [0.2, 0.25) is 0 Å². The molecule has 0 saturated carbocycles. The molecular weight excluding hydrogens is 212 g/mol. The monoisotopic (exact) mass is 238 g/mol. The van der Waals surface area contributed by atoms with Gasteiger partial charge in [0.1, 0.15) is 12.2 Å². The van der Waals surface area contributed by atoms with E-state index in [0.717, 1.165) is 18.9 Å². The Labute approximate surface area is 105 Å². The molecule has 0 bridgehead atoms. The van der Waals surface area contributed by atoms with Crippen LogP contribution in [0.4, 0.5) is 0 Å². The summed E-state index contributed by atoms with van der Waals surface area (Å²) in [6.45, 7) is 12.7. The van der Waals surface area contributed by atoms with Crippen LogP contribution < -0.4 is 5.32 Å². The average molecular weight is 238 g/mol. The molecule has 0 saturated heterocycles. The zero-order valence-corrected chi connectivity index (χ0v) is 11.8. The van der Waals surface area contributed by atoms with Gasteiger partial charge in [-0.05, 0) is 26.7 Å². The molecule has 4 nitrogen and oxygen atoms in total. The SMILES string of the molecule is CCC(CC)Cn1ncnc1CNC(C)(C)C. The third-order valence-electron chi connectivity index (χ3n) is 3.06. The number of rotatable bonds is 6. The van der Waals surface area contributed by atoms with Crippen molar-refractivity contribution in [3.63, 3.8) is 0 Å². The highest BCUT2D eigenvalue weighted by Crippen LogP contribution is 2.11. The lowest BCUT2D eigenvalue weighted by molar-refractivity contribution is 0.367. The maximum absolute atomic E-state index is 4.33. The Morgan fingerprint density at radius 1 is 1.29 bits per heavy atom. The van der Waals surface area contributed by atoms with Gasteiger partial charge >= 0.3 is 0 Å². The zero-order valence-electron chi connectivity index (χ0n) is 11.8. The summed E-state index contributed by atoms with van der Waals surface area (Å²) in [5.74, 6) is 1.73. The minimum atomic E-state index is 0.117. The summed E-state index contributed by atoms with van der Waals surface area (Å²) in [7, 11) is 0. The van der Waals surface area contributed by atoms with Crippen LogP contribution in [0.2, 0.25) is 0 Å². The van der Waals surface area contributed by atoms with E-state index < -0.39 is 0 Å². The first-order chi connectivity index (χ1) is 7.96. The topological polar surface area (TPSA) is 42.7 Å². The van der Waals surface area contributed by atoms with E-state index in [-0.39, 0.29) is 5.54 Å². The number of aromatic nitrogens is 3. The van der Waals surface area contributed by atoms with E-state index in [4.69, 9.17) is 0 Å². The van der Waals surface area contributed by atoms with Crippen LogP contribution in [0.25, 0.3) is 0 Å². The Hall–Kier alpha value is -0.900. The second kappa shape index (κ2) is 6.15. The van der Waals surface area contributed by atoms with Gasteiger partial charge in [0.05, 0.1) is 6.54 Å². The fraction of sp³-hybridized carbons (Fsp3) is 0.846. The van der Waals surface area contributed by atoms with Crippen LogP contribution in [0.5, 0.6) is 0 Å². The smallest absolute Gasteiger partial charge is 0.140 e. The molecule has 1 rings (SSSR count). The van der Waals surface area contributed by atoms with Crippen LogP contribution >= 0.6 is 0 Å². The van der Waals surface area contributed by atoms with Gasteiger partial charge in [-0.2, -0.15) is 5.10 Å². The maximum atomic E-state index is 4.33. The average Bonchev–Trinajstić information content (AvgIpc) is 2.69. The van der Waals surface area contributed by atoms with E-state index in [1.165, 1.54) is 12.8 Å². The van der Waals surface area contributed by atoms with Gasteiger partial charge in [0, 0.05) is 12.1 Å². The summed E-state index contributed by atoms with van der Waals surface area (Å²) < 4.78 is 2.04. The fourth-order valence-electron chi connectivity index (χ4n) is 1.71.